The fourth-order valence-electron chi connectivity index (χ4n) is 2.75. The number of likely N-dealkylation sites (tertiary alicyclic amines) is 1. The summed E-state index contributed by atoms with van der Waals surface area (Å²) in [4.78, 5) is 16.3. The molecule has 1 fully saturated rings. The van der Waals surface area contributed by atoms with E-state index in [1.807, 2.05) is 7.05 Å². The number of carbonyl (C=O) groups is 1. The number of rotatable bonds is 5. The normalized spacial score (nSPS) is 23.4. The van der Waals surface area contributed by atoms with Crippen molar-refractivity contribution in [3.8, 4) is 0 Å². The minimum atomic E-state index is -0.144. The number of hydrazine groups is 1. The van der Waals surface area contributed by atoms with E-state index in [4.69, 9.17) is 5.84 Å². The van der Waals surface area contributed by atoms with E-state index in [1.165, 1.54) is 12.8 Å². The Bertz CT molecular complexity index is 257. The van der Waals surface area contributed by atoms with Crippen molar-refractivity contribution >= 4 is 5.91 Å². The number of hydrogen-bond donors (Lipinski definition) is 2. The average molecular weight is 242 g/mol. The molecule has 5 heteroatoms. The molecule has 1 aliphatic rings. The van der Waals surface area contributed by atoms with Crippen LogP contribution in [0, 0.1) is 5.92 Å². The molecule has 100 valence electrons. The van der Waals surface area contributed by atoms with Gasteiger partial charge in [0, 0.05) is 12.6 Å². The van der Waals surface area contributed by atoms with E-state index in [1.54, 1.807) is 0 Å². The monoisotopic (exact) mass is 242 g/mol. The van der Waals surface area contributed by atoms with Gasteiger partial charge in [-0.15, -0.1) is 0 Å². The van der Waals surface area contributed by atoms with Crippen molar-refractivity contribution in [2.75, 3.05) is 27.2 Å². The number of nitrogens with one attached hydrogen (secondary N) is 1. The molecule has 0 bridgehead atoms. The highest BCUT2D eigenvalue weighted by atomic mass is 16.2. The first kappa shape index (κ1) is 14.4. The zero-order valence-corrected chi connectivity index (χ0v) is 11.4. The van der Waals surface area contributed by atoms with Gasteiger partial charge in [0.25, 0.3) is 5.91 Å². The van der Waals surface area contributed by atoms with Crippen LogP contribution in [0.5, 0.6) is 0 Å². The lowest BCUT2D eigenvalue weighted by molar-refractivity contribution is -0.127. The van der Waals surface area contributed by atoms with Gasteiger partial charge in [-0.05, 0) is 39.4 Å². The van der Waals surface area contributed by atoms with E-state index in [0.29, 0.717) is 6.04 Å². The highest BCUT2D eigenvalue weighted by molar-refractivity contribution is 5.81. The molecule has 0 saturated carbocycles. The molecule has 1 saturated heterocycles. The number of hydrogen-bond acceptors (Lipinski definition) is 4. The third-order valence-electron chi connectivity index (χ3n) is 3.69. The van der Waals surface area contributed by atoms with E-state index in [9.17, 15) is 4.79 Å². The number of likely N-dealkylation sites (N-methyl/N-ethyl adjacent to an activating group) is 2. The van der Waals surface area contributed by atoms with Crippen LogP contribution < -0.4 is 11.3 Å². The van der Waals surface area contributed by atoms with E-state index >= 15 is 0 Å². The molecule has 5 nitrogen and oxygen atoms in total. The topological polar surface area (TPSA) is 61.6 Å². The van der Waals surface area contributed by atoms with Crippen LogP contribution in [0.15, 0.2) is 0 Å². The van der Waals surface area contributed by atoms with Gasteiger partial charge in [0.1, 0.15) is 0 Å². The summed E-state index contributed by atoms with van der Waals surface area (Å²) >= 11 is 0. The first-order valence-corrected chi connectivity index (χ1v) is 6.38. The second kappa shape index (κ2) is 6.33. The molecule has 1 aliphatic heterocycles. The summed E-state index contributed by atoms with van der Waals surface area (Å²) in [5.41, 5.74) is 2.27. The number of amides is 1. The maximum Gasteiger partial charge on any atom is 0.251 e. The summed E-state index contributed by atoms with van der Waals surface area (Å²) < 4.78 is 0. The molecule has 0 spiro atoms. The quantitative estimate of drug-likeness (QED) is 0.405. The number of nitrogens with two attached hydrogens (primary N) is 1. The smallest absolute Gasteiger partial charge is 0.251 e. The third kappa shape index (κ3) is 3.66. The molecule has 0 aliphatic carbocycles. The van der Waals surface area contributed by atoms with E-state index in [0.717, 1.165) is 13.1 Å². The van der Waals surface area contributed by atoms with E-state index < -0.39 is 0 Å². The maximum atomic E-state index is 11.8. The van der Waals surface area contributed by atoms with Crippen LogP contribution in [0.4, 0.5) is 0 Å². The molecule has 17 heavy (non-hydrogen) atoms. The second-order valence-electron chi connectivity index (χ2n) is 5.41. The minimum Gasteiger partial charge on any atom is -0.302 e. The van der Waals surface area contributed by atoms with Crippen LogP contribution in [0.2, 0.25) is 0 Å². The number of carbonyl (C=O) groups excluding carboxylic acids is 1. The first-order valence-electron chi connectivity index (χ1n) is 6.38. The number of nitrogens with zero attached hydrogens (tertiary/aromatic N) is 2. The van der Waals surface area contributed by atoms with Gasteiger partial charge < -0.3 is 4.90 Å². The van der Waals surface area contributed by atoms with Gasteiger partial charge in [-0.2, -0.15) is 0 Å². The SMILES string of the molecule is CC(C)C(C(=O)NN)N(C)CC1CCCN1C. The fraction of sp³-hybridized carbons (Fsp3) is 0.917. The molecule has 2 atom stereocenters. The summed E-state index contributed by atoms with van der Waals surface area (Å²) in [7, 11) is 4.16. The zero-order chi connectivity index (χ0) is 13.0. The Kier molecular flexibility index (Phi) is 5.36. The molecule has 0 radical (unpaired) electrons. The van der Waals surface area contributed by atoms with Gasteiger partial charge in [-0.1, -0.05) is 13.8 Å². The van der Waals surface area contributed by atoms with Crippen LogP contribution in [0.3, 0.4) is 0 Å². The van der Waals surface area contributed by atoms with Crippen molar-refractivity contribution < 1.29 is 4.79 Å². The summed E-state index contributed by atoms with van der Waals surface area (Å²) in [6, 6.07) is 0.417. The molecule has 1 rings (SSSR count). The second-order valence-corrected chi connectivity index (χ2v) is 5.41. The van der Waals surface area contributed by atoms with Crippen molar-refractivity contribution in [2.45, 2.75) is 38.8 Å². The lowest BCUT2D eigenvalue weighted by Crippen LogP contribution is -2.52. The van der Waals surface area contributed by atoms with Crippen molar-refractivity contribution in [2.24, 2.45) is 11.8 Å². The lowest BCUT2D eigenvalue weighted by atomic mass is 10.0. The Morgan fingerprint density at radius 2 is 2.24 bits per heavy atom. The largest absolute Gasteiger partial charge is 0.302 e. The van der Waals surface area contributed by atoms with E-state index in [2.05, 4.69) is 36.1 Å². The van der Waals surface area contributed by atoms with Crippen molar-refractivity contribution in [3.63, 3.8) is 0 Å². The van der Waals surface area contributed by atoms with Crippen LogP contribution in [0.25, 0.3) is 0 Å². The molecule has 0 aromatic rings. The highest BCUT2D eigenvalue weighted by Gasteiger charge is 2.30. The minimum absolute atomic E-state index is 0.0943. The van der Waals surface area contributed by atoms with Crippen molar-refractivity contribution in [1.82, 2.24) is 15.2 Å². The van der Waals surface area contributed by atoms with Gasteiger partial charge in [0.15, 0.2) is 0 Å². The molecule has 0 aromatic carbocycles. The zero-order valence-electron chi connectivity index (χ0n) is 11.4. The average Bonchev–Trinajstić information content (AvgIpc) is 2.63. The molecular weight excluding hydrogens is 216 g/mol. The van der Waals surface area contributed by atoms with Gasteiger partial charge in [0.05, 0.1) is 6.04 Å². The van der Waals surface area contributed by atoms with Gasteiger partial charge in [-0.25, -0.2) is 5.84 Å². The molecule has 0 aromatic heterocycles. The Morgan fingerprint density at radius 3 is 2.65 bits per heavy atom. The molecule has 1 amide bonds. The Balaban J connectivity index is 2.58. The van der Waals surface area contributed by atoms with Crippen molar-refractivity contribution in [1.29, 1.82) is 0 Å². The maximum absolute atomic E-state index is 11.8. The molecule has 1 heterocycles. The Morgan fingerprint density at radius 1 is 1.59 bits per heavy atom. The van der Waals surface area contributed by atoms with Crippen molar-refractivity contribution in [3.05, 3.63) is 0 Å². The molecule has 3 N–H and O–H groups in total. The van der Waals surface area contributed by atoms with Gasteiger partial charge in [-0.3, -0.25) is 15.1 Å². The van der Waals surface area contributed by atoms with Crippen LogP contribution >= 0.6 is 0 Å². The summed E-state index contributed by atoms with van der Waals surface area (Å²) in [5, 5.41) is 0. The molecule has 2 unspecified atom stereocenters. The Hall–Kier alpha value is -0.650. The van der Waals surface area contributed by atoms with Crippen LogP contribution in [0.1, 0.15) is 26.7 Å². The lowest BCUT2D eigenvalue weighted by Gasteiger charge is -2.33. The molecular formula is C12H26N4O. The highest BCUT2D eigenvalue weighted by Crippen LogP contribution is 2.18. The predicted molar refractivity (Wildman–Crippen MR) is 69.2 cm³/mol. The van der Waals surface area contributed by atoms with Gasteiger partial charge in [0.2, 0.25) is 0 Å². The standard InChI is InChI=1S/C12H26N4O/c1-9(2)11(12(17)14-13)16(4)8-10-6-5-7-15(10)3/h9-11H,5-8,13H2,1-4H3,(H,14,17). The summed E-state index contributed by atoms with van der Waals surface area (Å²) in [6.45, 7) is 6.18. The van der Waals surface area contributed by atoms with Gasteiger partial charge >= 0.3 is 0 Å². The fourth-order valence-corrected chi connectivity index (χ4v) is 2.75. The summed E-state index contributed by atoms with van der Waals surface area (Å²) in [5.74, 6) is 5.41. The third-order valence-corrected chi connectivity index (χ3v) is 3.69. The predicted octanol–water partition coefficient (Wildman–Crippen LogP) is 0.0269. The van der Waals surface area contributed by atoms with E-state index in [-0.39, 0.29) is 17.9 Å². The van der Waals surface area contributed by atoms with Crippen LogP contribution in [-0.4, -0.2) is 55.0 Å². The summed E-state index contributed by atoms with van der Waals surface area (Å²) in [6.07, 6.45) is 2.47. The first-order chi connectivity index (χ1) is 7.97. The van der Waals surface area contributed by atoms with Crippen LogP contribution in [-0.2, 0) is 4.79 Å². The Labute approximate surface area is 104 Å².